The molecule has 1 aliphatic rings. The fourth-order valence-corrected chi connectivity index (χ4v) is 3.61. The summed E-state index contributed by atoms with van der Waals surface area (Å²) in [6, 6.07) is 12.4. The van der Waals surface area contributed by atoms with Crippen LogP contribution in [0.25, 0.3) is 0 Å². The molecule has 2 aromatic rings. The van der Waals surface area contributed by atoms with Crippen molar-refractivity contribution in [2.24, 2.45) is 0 Å². The first-order valence-electron chi connectivity index (χ1n) is 7.02. The highest BCUT2D eigenvalue weighted by molar-refractivity contribution is 6.35. The van der Waals surface area contributed by atoms with Gasteiger partial charge in [-0.05, 0) is 48.0 Å². The number of hydrogen-bond donors (Lipinski definition) is 1. The second-order valence-electron chi connectivity index (χ2n) is 5.58. The van der Waals surface area contributed by atoms with E-state index in [0.29, 0.717) is 10.9 Å². The molecule has 1 atom stereocenters. The van der Waals surface area contributed by atoms with Crippen LogP contribution in [0.2, 0.25) is 10.0 Å². The molecule has 5 heteroatoms. The van der Waals surface area contributed by atoms with E-state index in [1.165, 1.54) is 16.7 Å². The molecular weight excluding hydrogens is 339 g/mol. The van der Waals surface area contributed by atoms with Crippen molar-refractivity contribution >= 4 is 41.3 Å². The lowest BCUT2D eigenvalue weighted by Crippen LogP contribution is -2.31. The highest BCUT2D eigenvalue weighted by Gasteiger charge is 2.27. The second kappa shape index (κ2) is 7.10. The minimum absolute atomic E-state index is 0. The van der Waals surface area contributed by atoms with E-state index >= 15 is 0 Å². The molecule has 1 heterocycles. The van der Waals surface area contributed by atoms with E-state index in [4.69, 9.17) is 23.2 Å². The molecule has 118 valence electrons. The van der Waals surface area contributed by atoms with Crippen LogP contribution in [0, 0.1) is 0 Å². The van der Waals surface area contributed by atoms with Crippen molar-refractivity contribution < 1.29 is 0 Å². The highest BCUT2D eigenvalue weighted by Crippen LogP contribution is 2.38. The summed E-state index contributed by atoms with van der Waals surface area (Å²) >= 11 is 12.6. The van der Waals surface area contributed by atoms with Gasteiger partial charge >= 0.3 is 0 Å². The smallest absolute Gasteiger partial charge is 0.0468 e. The second-order valence-corrected chi connectivity index (χ2v) is 6.42. The van der Waals surface area contributed by atoms with Crippen molar-refractivity contribution in [3.63, 3.8) is 0 Å². The average Bonchev–Trinajstić information content (AvgIpc) is 2.47. The van der Waals surface area contributed by atoms with Gasteiger partial charge in [0, 0.05) is 41.8 Å². The van der Waals surface area contributed by atoms with E-state index in [1.807, 2.05) is 13.1 Å². The van der Waals surface area contributed by atoms with E-state index in [2.05, 4.69) is 47.6 Å². The lowest BCUT2D eigenvalue weighted by atomic mass is 9.84. The molecule has 0 saturated heterocycles. The van der Waals surface area contributed by atoms with Crippen LogP contribution in [0.4, 0.5) is 5.69 Å². The lowest BCUT2D eigenvalue weighted by molar-refractivity contribution is 0.295. The zero-order valence-corrected chi connectivity index (χ0v) is 14.9. The van der Waals surface area contributed by atoms with Crippen LogP contribution in [0.5, 0.6) is 0 Å². The predicted octanol–water partition coefficient (Wildman–Crippen LogP) is 5.03. The van der Waals surface area contributed by atoms with Gasteiger partial charge in [-0.2, -0.15) is 0 Å². The molecule has 1 unspecified atom stereocenters. The van der Waals surface area contributed by atoms with Crippen molar-refractivity contribution in [1.29, 1.82) is 0 Å². The van der Waals surface area contributed by atoms with E-state index in [9.17, 15) is 0 Å². The van der Waals surface area contributed by atoms with Gasteiger partial charge in [0.25, 0.3) is 0 Å². The molecule has 22 heavy (non-hydrogen) atoms. The topological polar surface area (TPSA) is 15.3 Å². The molecule has 3 rings (SSSR count). The van der Waals surface area contributed by atoms with Crippen LogP contribution in [0.15, 0.2) is 36.4 Å². The predicted molar refractivity (Wildman–Crippen MR) is 97.9 cm³/mol. The Morgan fingerprint density at radius 1 is 1.18 bits per heavy atom. The van der Waals surface area contributed by atoms with E-state index in [0.717, 1.165) is 23.8 Å². The van der Waals surface area contributed by atoms with E-state index < -0.39 is 0 Å². The van der Waals surface area contributed by atoms with Gasteiger partial charge in [0.1, 0.15) is 0 Å². The van der Waals surface area contributed by atoms with Crippen molar-refractivity contribution in [3.05, 3.63) is 63.1 Å². The minimum atomic E-state index is 0. The van der Waals surface area contributed by atoms with Gasteiger partial charge < -0.3 is 10.2 Å². The van der Waals surface area contributed by atoms with Crippen LogP contribution in [-0.2, 0) is 6.54 Å². The number of halogens is 3. The summed E-state index contributed by atoms with van der Waals surface area (Å²) in [5.41, 5.74) is 4.84. The molecule has 0 aromatic heterocycles. The van der Waals surface area contributed by atoms with Crippen LogP contribution >= 0.6 is 35.6 Å². The maximum absolute atomic E-state index is 6.40. The number of nitrogens with one attached hydrogen (secondary N) is 1. The molecule has 0 bridgehead atoms. The van der Waals surface area contributed by atoms with Crippen LogP contribution < -0.4 is 5.32 Å². The fraction of sp³-hybridized carbons (Fsp3) is 0.294. The average molecular weight is 358 g/mol. The fourth-order valence-electron chi connectivity index (χ4n) is 3.04. The first-order valence-corrected chi connectivity index (χ1v) is 7.78. The zero-order valence-electron chi connectivity index (χ0n) is 12.6. The Bertz CT molecular complexity index is 673. The van der Waals surface area contributed by atoms with E-state index in [-0.39, 0.29) is 12.4 Å². The molecule has 0 fully saturated rings. The Morgan fingerprint density at radius 3 is 2.68 bits per heavy atom. The molecule has 0 radical (unpaired) electrons. The number of anilines is 1. The van der Waals surface area contributed by atoms with Gasteiger partial charge in [0.15, 0.2) is 0 Å². The van der Waals surface area contributed by atoms with Crippen LogP contribution in [-0.4, -0.2) is 25.5 Å². The molecular formula is C17H19Cl3N2. The van der Waals surface area contributed by atoms with E-state index in [1.54, 1.807) is 0 Å². The molecule has 0 amide bonds. The Labute approximate surface area is 147 Å². The molecule has 0 aliphatic carbocycles. The van der Waals surface area contributed by atoms with Crippen molar-refractivity contribution in [1.82, 2.24) is 4.90 Å². The Morgan fingerprint density at radius 2 is 1.95 bits per heavy atom. The van der Waals surface area contributed by atoms with Crippen molar-refractivity contribution in [3.8, 4) is 0 Å². The third-order valence-electron chi connectivity index (χ3n) is 4.07. The van der Waals surface area contributed by atoms with Gasteiger partial charge in [0.2, 0.25) is 0 Å². The summed E-state index contributed by atoms with van der Waals surface area (Å²) in [6.07, 6.45) is 0. The van der Waals surface area contributed by atoms with Gasteiger partial charge in [-0.1, -0.05) is 35.3 Å². The van der Waals surface area contributed by atoms with Gasteiger partial charge in [-0.15, -0.1) is 12.4 Å². The maximum atomic E-state index is 6.40. The maximum Gasteiger partial charge on any atom is 0.0468 e. The third kappa shape index (κ3) is 3.36. The normalized spacial score (nSPS) is 17.5. The summed E-state index contributed by atoms with van der Waals surface area (Å²) in [5.74, 6) is 0.295. The SMILES string of the molecule is CNc1cccc(C2CN(C)Cc3c(Cl)cc(Cl)cc32)c1.Cl. The monoisotopic (exact) mass is 356 g/mol. The van der Waals surface area contributed by atoms with Crippen molar-refractivity contribution in [2.45, 2.75) is 12.5 Å². The largest absolute Gasteiger partial charge is 0.388 e. The van der Waals surface area contributed by atoms with Crippen LogP contribution in [0.3, 0.4) is 0 Å². The molecule has 2 aromatic carbocycles. The summed E-state index contributed by atoms with van der Waals surface area (Å²) in [5, 5.41) is 4.67. The Kier molecular flexibility index (Phi) is 5.62. The molecule has 0 spiro atoms. The third-order valence-corrected chi connectivity index (χ3v) is 4.63. The Hall–Kier alpha value is -0.930. The summed E-state index contributed by atoms with van der Waals surface area (Å²) < 4.78 is 0. The number of fused-ring (bicyclic) bond motifs is 1. The summed E-state index contributed by atoms with van der Waals surface area (Å²) in [4.78, 5) is 2.30. The number of hydrogen-bond acceptors (Lipinski definition) is 2. The molecule has 2 nitrogen and oxygen atoms in total. The number of benzene rings is 2. The first-order chi connectivity index (χ1) is 10.1. The standard InChI is InChI=1S/C17H18Cl2N2.ClH/c1-20-13-5-3-4-11(6-13)15-9-21(2)10-16-14(15)7-12(18)8-17(16)19;/h3-8,15,20H,9-10H2,1-2H3;1H. The number of rotatable bonds is 2. The highest BCUT2D eigenvalue weighted by atomic mass is 35.5. The van der Waals surface area contributed by atoms with Crippen molar-refractivity contribution in [2.75, 3.05) is 26.0 Å². The molecule has 1 aliphatic heterocycles. The number of likely N-dealkylation sites (N-methyl/N-ethyl adjacent to an activating group) is 1. The summed E-state index contributed by atoms with van der Waals surface area (Å²) in [7, 11) is 4.07. The summed E-state index contributed by atoms with van der Waals surface area (Å²) in [6.45, 7) is 1.84. The quantitative estimate of drug-likeness (QED) is 0.810. The lowest BCUT2D eigenvalue weighted by Gasteiger charge is -2.33. The Balaban J connectivity index is 0.00000176. The molecule has 1 N–H and O–H groups in total. The zero-order chi connectivity index (χ0) is 15.0. The first kappa shape index (κ1) is 17.4. The minimum Gasteiger partial charge on any atom is -0.388 e. The number of nitrogens with zero attached hydrogens (tertiary/aromatic N) is 1. The van der Waals surface area contributed by atoms with Gasteiger partial charge in [-0.3, -0.25) is 0 Å². The van der Waals surface area contributed by atoms with Gasteiger partial charge in [0.05, 0.1) is 0 Å². The van der Waals surface area contributed by atoms with Gasteiger partial charge in [-0.25, -0.2) is 0 Å². The molecule has 0 saturated carbocycles. The van der Waals surface area contributed by atoms with Crippen LogP contribution in [0.1, 0.15) is 22.6 Å².